The lowest BCUT2D eigenvalue weighted by Gasteiger charge is -2.41. The van der Waals surface area contributed by atoms with Gasteiger partial charge in [0, 0.05) is 51.3 Å². The summed E-state index contributed by atoms with van der Waals surface area (Å²) >= 11 is 0. The van der Waals surface area contributed by atoms with Gasteiger partial charge in [-0.3, -0.25) is 24.1 Å². The molecule has 1 fully saturated rings. The van der Waals surface area contributed by atoms with Crippen molar-refractivity contribution in [3.63, 3.8) is 0 Å². The van der Waals surface area contributed by atoms with Gasteiger partial charge in [0.2, 0.25) is 23.6 Å². The van der Waals surface area contributed by atoms with E-state index >= 15 is 0 Å². The van der Waals surface area contributed by atoms with Crippen LogP contribution in [-0.4, -0.2) is 145 Å². The number of unbranched alkanes of at least 4 members (excludes halogenated alkanes) is 3. The van der Waals surface area contributed by atoms with Crippen LogP contribution >= 0.6 is 0 Å². The molecule has 1 aliphatic rings. The van der Waals surface area contributed by atoms with Crippen LogP contribution in [0.2, 0.25) is 0 Å². The number of fused-ring (bicyclic) bond motifs is 1. The largest absolute Gasteiger partial charge is 0.458 e. The monoisotopic (exact) mass is 926 g/mol. The summed E-state index contributed by atoms with van der Waals surface area (Å²) in [6.07, 6.45) is 6.80. The van der Waals surface area contributed by atoms with E-state index in [0.29, 0.717) is 25.9 Å². The van der Waals surface area contributed by atoms with E-state index in [-0.39, 0.29) is 54.2 Å². The van der Waals surface area contributed by atoms with E-state index in [2.05, 4.69) is 20.5 Å². The van der Waals surface area contributed by atoms with Gasteiger partial charge >= 0.3 is 5.97 Å². The van der Waals surface area contributed by atoms with Crippen LogP contribution in [0, 0.1) is 23.7 Å². The molecule has 1 saturated heterocycles. The van der Waals surface area contributed by atoms with Gasteiger partial charge < -0.3 is 45.4 Å². The number of aromatic amines is 1. The minimum atomic E-state index is -0.972. The first-order valence-electron chi connectivity index (χ1n) is 24.5. The van der Waals surface area contributed by atoms with Crippen LogP contribution in [0.15, 0.2) is 30.5 Å². The Bertz CT molecular complexity index is 1840. The summed E-state index contributed by atoms with van der Waals surface area (Å²) in [5, 5.41) is 7.07. The first-order chi connectivity index (χ1) is 31.1. The van der Waals surface area contributed by atoms with Gasteiger partial charge in [-0.25, -0.2) is 4.79 Å². The molecule has 1 aromatic heterocycles. The molecule has 0 unspecified atom stereocenters. The fourth-order valence-electron chi connectivity index (χ4n) is 9.68. The zero-order chi connectivity index (χ0) is 49.5. The van der Waals surface area contributed by atoms with Crippen molar-refractivity contribution in [2.45, 2.75) is 175 Å². The Labute approximate surface area is 396 Å². The van der Waals surface area contributed by atoms with E-state index < -0.39 is 59.9 Å². The van der Waals surface area contributed by atoms with Crippen molar-refractivity contribution in [1.29, 1.82) is 0 Å². The van der Waals surface area contributed by atoms with Crippen molar-refractivity contribution in [3.05, 3.63) is 36.0 Å². The average molecular weight is 926 g/mol. The highest BCUT2D eigenvalue weighted by atomic mass is 16.6. The van der Waals surface area contributed by atoms with Gasteiger partial charge in [0.25, 0.3) is 0 Å². The topological polar surface area (TPSA) is 189 Å². The second-order valence-corrected chi connectivity index (χ2v) is 20.4. The first kappa shape index (κ1) is 56.3. The average Bonchev–Trinajstić information content (AvgIpc) is 3.91. The summed E-state index contributed by atoms with van der Waals surface area (Å²) in [4.78, 5) is 79.7. The maximum atomic E-state index is 14.6. The molecule has 0 aliphatic carbocycles. The van der Waals surface area contributed by atoms with Gasteiger partial charge in [-0.1, -0.05) is 85.9 Å². The Balaban J connectivity index is 1.80. The predicted molar refractivity (Wildman–Crippen MR) is 261 cm³/mol. The molecule has 5 N–H and O–H groups in total. The summed E-state index contributed by atoms with van der Waals surface area (Å²) < 4.78 is 17.9. The molecule has 4 amide bonds. The Hall–Kier alpha value is -4.05. The number of benzene rings is 1. The highest BCUT2D eigenvalue weighted by Crippen LogP contribution is 2.30. The number of amides is 4. The number of rotatable bonds is 27. The zero-order valence-corrected chi connectivity index (χ0v) is 42.9. The molecule has 3 rings (SSSR count). The van der Waals surface area contributed by atoms with E-state index in [1.807, 2.05) is 79.1 Å². The van der Waals surface area contributed by atoms with Crippen molar-refractivity contribution in [1.82, 2.24) is 30.3 Å². The second kappa shape index (κ2) is 26.5. The molecule has 2 aromatic rings. The van der Waals surface area contributed by atoms with Gasteiger partial charge in [0.1, 0.15) is 17.7 Å². The third kappa shape index (κ3) is 15.5. The van der Waals surface area contributed by atoms with Crippen molar-refractivity contribution in [3.8, 4) is 0 Å². The summed E-state index contributed by atoms with van der Waals surface area (Å²) in [7, 11) is 6.82. The molecule has 1 aromatic carbocycles. The number of para-hydroxylation sites is 1. The number of methoxy groups -OCH3 is 2. The smallest absolute Gasteiger partial charge is 0.329 e. The number of nitrogens with zero attached hydrogens (tertiary/aromatic N) is 3. The van der Waals surface area contributed by atoms with Crippen molar-refractivity contribution in [2.75, 3.05) is 47.9 Å². The number of nitrogens with two attached hydrogens (primary N) is 1. The number of carbonyl (C=O) groups is 5. The summed E-state index contributed by atoms with van der Waals surface area (Å²) in [5.74, 6) is -2.50. The zero-order valence-electron chi connectivity index (χ0n) is 42.9. The van der Waals surface area contributed by atoms with Gasteiger partial charge in [-0.15, -0.1) is 0 Å². The Kier molecular flexibility index (Phi) is 22.6. The Morgan fingerprint density at radius 1 is 0.909 bits per heavy atom. The molecular formula is C51H87N7O8. The van der Waals surface area contributed by atoms with Crippen LogP contribution in [0.4, 0.5) is 0 Å². The number of esters is 1. The number of likely N-dealkylation sites (N-methyl/N-ethyl adjacent to an activating group) is 2. The van der Waals surface area contributed by atoms with E-state index in [1.165, 1.54) is 0 Å². The lowest BCUT2D eigenvalue weighted by molar-refractivity contribution is -0.159. The maximum absolute atomic E-state index is 14.6. The molecule has 15 nitrogen and oxygen atoms in total. The van der Waals surface area contributed by atoms with Crippen molar-refractivity contribution < 1.29 is 38.2 Å². The Morgan fingerprint density at radius 2 is 1.58 bits per heavy atom. The lowest BCUT2D eigenvalue weighted by Crippen LogP contribution is -2.60. The highest BCUT2D eigenvalue weighted by Gasteiger charge is 2.44. The number of nitrogens with one attached hydrogen (secondary N) is 3. The summed E-state index contributed by atoms with van der Waals surface area (Å²) in [6.45, 7) is 21.0. The second-order valence-electron chi connectivity index (χ2n) is 20.4. The van der Waals surface area contributed by atoms with Crippen LogP contribution in [0.25, 0.3) is 10.9 Å². The van der Waals surface area contributed by atoms with Crippen LogP contribution in [0.5, 0.6) is 0 Å². The number of ether oxygens (including phenoxy) is 3. The fourth-order valence-corrected chi connectivity index (χ4v) is 9.68. The number of likely N-dealkylation sites (tertiary alicyclic amines) is 1. The van der Waals surface area contributed by atoms with Crippen molar-refractivity contribution in [2.24, 2.45) is 29.4 Å². The van der Waals surface area contributed by atoms with Crippen molar-refractivity contribution >= 4 is 40.5 Å². The minimum Gasteiger partial charge on any atom is -0.458 e. The highest BCUT2D eigenvalue weighted by molar-refractivity contribution is 5.91. The van der Waals surface area contributed by atoms with Crippen LogP contribution < -0.4 is 16.4 Å². The number of hydrogen-bond donors (Lipinski definition) is 4. The molecular weight excluding hydrogens is 839 g/mol. The fraction of sp³-hybridized carbons (Fsp3) is 0.745. The molecule has 0 radical (unpaired) electrons. The first-order valence-corrected chi connectivity index (χ1v) is 24.5. The van der Waals surface area contributed by atoms with E-state index in [1.54, 1.807) is 58.8 Å². The minimum absolute atomic E-state index is 0.00776. The molecule has 15 heteroatoms. The molecule has 374 valence electrons. The van der Waals surface area contributed by atoms with Gasteiger partial charge in [0.15, 0.2) is 0 Å². The van der Waals surface area contributed by atoms with Gasteiger partial charge in [-0.05, 0) is 96.0 Å². The molecule has 9 atom stereocenters. The standard InChI is InChI=1S/C51H87N7O8/c1-15-34(6)45(57(12)49(62)43(32(2)3)55-48(61)44(33(4)5)56(11)27-21-17-16-20-26-52)41(64-13)30-42(59)58-28-22-25-40(58)46(65-14)35(7)47(60)54-39(50(63)66-51(8,9)10)29-36-31-53-38-24-19-18-23-37(36)38/h18-19,23-24,31-35,39-41,43-46,53H,15-17,20-22,25-30,52H2,1-14H3,(H,54,60)(H,55,61)/t34-,35+,39-,40-,41+,43-,44-,45-,46+/m0/s1. The van der Waals surface area contributed by atoms with E-state index in [9.17, 15) is 24.0 Å². The third-order valence-corrected chi connectivity index (χ3v) is 13.4. The van der Waals surface area contributed by atoms with Crippen LogP contribution in [0.1, 0.15) is 126 Å². The van der Waals surface area contributed by atoms with Crippen LogP contribution in [-0.2, 0) is 44.6 Å². The number of H-pyrrole nitrogens is 1. The van der Waals surface area contributed by atoms with Gasteiger partial charge in [0.05, 0.1) is 42.7 Å². The molecule has 1 aliphatic heterocycles. The number of carbonyl (C=O) groups excluding carboxylic acids is 5. The Morgan fingerprint density at radius 3 is 2.17 bits per heavy atom. The predicted octanol–water partition coefficient (Wildman–Crippen LogP) is 6.07. The number of aromatic nitrogens is 1. The molecule has 0 bridgehead atoms. The normalized spacial score (nSPS) is 18.2. The van der Waals surface area contributed by atoms with Crippen LogP contribution in [0.3, 0.4) is 0 Å². The SMILES string of the molecule is CC[C@H](C)[C@@H]([C@@H](CC(=O)N1CCC[C@H]1[C@H](OC)[C@@H](C)C(=O)N[C@@H](Cc1c[nH]c2ccccc12)C(=O)OC(C)(C)C)OC)N(C)C(=O)[C@@H](NC(=O)[C@H](C(C)C)N(C)CCCCCCN)C(C)C. The summed E-state index contributed by atoms with van der Waals surface area (Å²) in [6, 6.07) is 4.70. The quantitative estimate of drug-likeness (QED) is 0.0605. The molecule has 0 spiro atoms. The third-order valence-electron chi connectivity index (χ3n) is 13.4. The summed E-state index contributed by atoms with van der Waals surface area (Å²) in [5.41, 5.74) is 6.70. The van der Waals surface area contributed by atoms with Gasteiger partial charge in [-0.2, -0.15) is 0 Å². The molecule has 2 heterocycles. The van der Waals surface area contributed by atoms with E-state index in [0.717, 1.165) is 55.1 Å². The molecule has 0 saturated carbocycles. The molecule has 66 heavy (non-hydrogen) atoms. The maximum Gasteiger partial charge on any atom is 0.329 e. The van der Waals surface area contributed by atoms with E-state index in [4.69, 9.17) is 19.9 Å². The lowest BCUT2D eigenvalue weighted by atomic mass is 9.89. The number of hydrogen-bond acceptors (Lipinski definition) is 10.